The second-order valence-corrected chi connectivity index (χ2v) is 12.8. The maximum absolute atomic E-state index is 12.9. The summed E-state index contributed by atoms with van der Waals surface area (Å²) in [5.74, 6) is 0.657. The molecule has 0 amide bonds. The van der Waals surface area contributed by atoms with Crippen molar-refractivity contribution < 1.29 is 17.9 Å². The van der Waals surface area contributed by atoms with Crippen molar-refractivity contribution in [2.45, 2.75) is 38.8 Å². The topological polar surface area (TPSA) is 105 Å². The number of nitrogens with zero attached hydrogens (tertiary/aromatic N) is 3. The Bertz CT molecular complexity index is 1440. The summed E-state index contributed by atoms with van der Waals surface area (Å²) in [6.07, 6.45) is 3.38. The minimum atomic E-state index is -3.41. The fourth-order valence-corrected chi connectivity index (χ4v) is 7.26. The van der Waals surface area contributed by atoms with Gasteiger partial charge in [-0.1, -0.05) is 18.2 Å². The number of aromatic nitrogens is 1. The van der Waals surface area contributed by atoms with Gasteiger partial charge < -0.3 is 9.47 Å². The molecule has 2 aliphatic rings. The van der Waals surface area contributed by atoms with Gasteiger partial charge in [-0.3, -0.25) is 4.90 Å². The highest BCUT2D eigenvalue weighted by Gasteiger charge is 2.29. The Labute approximate surface area is 228 Å². The van der Waals surface area contributed by atoms with Gasteiger partial charge in [0.2, 0.25) is 10.0 Å². The zero-order chi connectivity index (χ0) is 26.7. The predicted octanol–water partition coefficient (Wildman–Crippen LogP) is 4.37. The van der Waals surface area contributed by atoms with Crippen LogP contribution >= 0.6 is 11.3 Å². The molecule has 5 rings (SSSR count). The number of thiazole rings is 1. The molecule has 0 unspecified atom stereocenters. The van der Waals surface area contributed by atoms with Crippen LogP contribution in [0.3, 0.4) is 0 Å². The van der Waals surface area contributed by atoms with Crippen LogP contribution in [0.25, 0.3) is 21.0 Å². The minimum absolute atomic E-state index is 0.0161. The molecule has 8 nitrogen and oxygen atoms in total. The van der Waals surface area contributed by atoms with Crippen LogP contribution in [0.4, 0.5) is 0 Å². The van der Waals surface area contributed by atoms with Gasteiger partial charge in [0.25, 0.3) is 0 Å². The Morgan fingerprint density at radius 3 is 2.84 bits per heavy atom. The van der Waals surface area contributed by atoms with Crippen molar-refractivity contribution in [1.82, 2.24) is 14.6 Å². The highest BCUT2D eigenvalue weighted by atomic mass is 32.2. The summed E-state index contributed by atoms with van der Waals surface area (Å²) in [5.41, 5.74) is 4.64. The molecule has 0 saturated carbocycles. The first-order valence-corrected chi connectivity index (χ1v) is 15.4. The van der Waals surface area contributed by atoms with Gasteiger partial charge in [0.05, 0.1) is 35.5 Å². The Hall–Kier alpha value is -2.81. The molecule has 0 radical (unpaired) electrons. The average molecular weight is 553 g/mol. The number of morpholine rings is 1. The second kappa shape index (κ2) is 11.5. The molecule has 2 heterocycles. The number of rotatable bonds is 9. The summed E-state index contributed by atoms with van der Waals surface area (Å²) in [7, 11) is -3.41. The van der Waals surface area contributed by atoms with Crippen LogP contribution in [0, 0.1) is 11.3 Å². The first-order chi connectivity index (χ1) is 18.3. The lowest BCUT2D eigenvalue weighted by atomic mass is 10.0. The van der Waals surface area contributed by atoms with Crippen molar-refractivity contribution in [3.05, 3.63) is 59.3 Å². The molecule has 1 aliphatic heterocycles. The SMILES string of the molecule is CC(C)Oc1ccc(-c2ncc(-c3cccc4c3CC[C@H]4NS(=O)(=O)CCN3CCOCC3)s2)cc1C#N. The third kappa shape index (κ3) is 6.08. The van der Waals surface area contributed by atoms with Gasteiger partial charge in [0.1, 0.15) is 16.8 Å². The summed E-state index contributed by atoms with van der Waals surface area (Å²) >= 11 is 1.57. The van der Waals surface area contributed by atoms with Gasteiger partial charge in [-0.2, -0.15) is 5.26 Å². The van der Waals surface area contributed by atoms with E-state index in [1.54, 1.807) is 11.3 Å². The zero-order valence-electron chi connectivity index (χ0n) is 21.6. The lowest BCUT2D eigenvalue weighted by Crippen LogP contribution is -2.41. The standard InChI is InChI=1S/C28H32N4O4S2/c1-19(2)36-26-9-6-20(16-21(26)17-29)28-30-18-27(37-28)24-5-3-4-23-22(24)7-8-25(23)31-38(33,34)15-12-32-10-13-35-14-11-32/h3-6,9,16,18-19,25,31H,7-8,10-15H2,1-2H3/t25-/m1/s1. The number of nitriles is 1. The zero-order valence-corrected chi connectivity index (χ0v) is 23.3. The third-order valence-corrected chi connectivity index (χ3v) is 9.30. The number of nitrogens with one attached hydrogen (secondary N) is 1. The molecule has 0 spiro atoms. The smallest absolute Gasteiger partial charge is 0.213 e. The van der Waals surface area contributed by atoms with Crippen molar-refractivity contribution in [1.29, 1.82) is 5.26 Å². The van der Waals surface area contributed by atoms with Crippen LogP contribution in [0.15, 0.2) is 42.6 Å². The van der Waals surface area contributed by atoms with Crippen molar-refractivity contribution in [2.75, 3.05) is 38.6 Å². The molecule has 1 saturated heterocycles. The van der Waals surface area contributed by atoms with Crippen molar-refractivity contribution in [3.8, 4) is 32.8 Å². The normalized spacial score (nSPS) is 17.9. The molecule has 3 aromatic rings. The predicted molar refractivity (Wildman–Crippen MR) is 149 cm³/mol. The van der Waals surface area contributed by atoms with Crippen LogP contribution in [0.2, 0.25) is 0 Å². The van der Waals surface area contributed by atoms with E-state index >= 15 is 0 Å². The Morgan fingerprint density at radius 2 is 2.08 bits per heavy atom. The van der Waals surface area contributed by atoms with Gasteiger partial charge in [-0.25, -0.2) is 18.1 Å². The van der Waals surface area contributed by atoms with Crippen molar-refractivity contribution in [3.63, 3.8) is 0 Å². The maximum atomic E-state index is 12.9. The monoisotopic (exact) mass is 552 g/mol. The van der Waals surface area contributed by atoms with E-state index in [1.165, 1.54) is 5.56 Å². The number of sulfonamides is 1. The molecular weight excluding hydrogens is 520 g/mol. The first-order valence-electron chi connectivity index (χ1n) is 12.9. The minimum Gasteiger partial charge on any atom is -0.490 e. The Balaban J connectivity index is 1.32. The lowest BCUT2D eigenvalue weighted by Gasteiger charge is -2.26. The van der Waals surface area contributed by atoms with Crippen LogP contribution in [-0.2, 0) is 21.2 Å². The van der Waals surface area contributed by atoms with Gasteiger partial charge >= 0.3 is 0 Å². The van der Waals surface area contributed by atoms with Crippen LogP contribution < -0.4 is 9.46 Å². The maximum Gasteiger partial charge on any atom is 0.213 e. The number of ether oxygens (including phenoxy) is 2. The van der Waals surface area contributed by atoms with E-state index in [0.717, 1.165) is 52.5 Å². The van der Waals surface area contributed by atoms with Crippen molar-refractivity contribution in [2.24, 2.45) is 0 Å². The fourth-order valence-electron chi connectivity index (χ4n) is 5.00. The van der Waals surface area contributed by atoms with E-state index in [0.29, 0.717) is 31.1 Å². The summed E-state index contributed by atoms with van der Waals surface area (Å²) in [6, 6.07) is 13.7. The largest absolute Gasteiger partial charge is 0.490 e. The molecule has 1 fully saturated rings. The molecule has 10 heteroatoms. The highest BCUT2D eigenvalue weighted by Crippen LogP contribution is 2.41. The second-order valence-electron chi connectivity index (χ2n) is 9.87. The Morgan fingerprint density at radius 1 is 1.26 bits per heavy atom. The molecule has 2 aromatic carbocycles. The molecule has 200 valence electrons. The molecular formula is C28H32N4O4S2. The number of hydrogen-bond acceptors (Lipinski definition) is 8. The van der Waals surface area contributed by atoms with Crippen LogP contribution in [0.1, 0.15) is 43.0 Å². The molecule has 1 atom stereocenters. The number of fused-ring (bicyclic) bond motifs is 1. The lowest BCUT2D eigenvalue weighted by molar-refractivity contribution is 0.0408. The highest BCUT2D eigenvalue weighted by molar-refractivity contribution is 7.89. The van der Waals surface area contributed by atoms with Gasteiger partial charge in [-0.05, 0) is 61.6 Å². The van der Waals surface area contributed by atoms with Crippen LogP contribution in [-0.4, -0.2) is 63.0 Å². The van der Waals surface area contributed by atoms with Crippen LogP contribution in [0.5, 0.6) is 5.75 Å². The molecule has 1 aliphatic carbocycles. The molecule has 1 aromatic heterocycles. The van der Waals surface area contributed by atoms with E-state index in [1.807, 2.05) is 50.4 Å². The molecule has 0 bridgehead atoms. The summed E-state index contributed by atoms with van der Waals surface area (Å²) in [4.78, 5) is 7.80. The fraction of sp³-hybridized carbons (Fsp3) is 0.429. The summed E-state index contributed by atoms with van der Waals surface area (Å²) < 4.78 is 39.8. The summed E-state index contributed by atoms with van der Waals surface area (Å²) in [6.45, 7) is 7.24. The summed E-state index contributed by atoms with van der Waals surface area (Å²) in [5, 5.41) is 10.4. The number of benzene rings is 2. The first kappa shape index (κ1) is 26.8. The van der Waals surface area contributed by atoms with E-state index in [2.05, 4.69) is 26.7 Å². The third-order valence-electron chi connectivity index (χ3n) is 6.85. The molecule has 38 heavy (non-hydrogen) atoms. The van der Waals surface area contributed by atoms with Gasteiger partial charge in [0, 0.05) is 37.4 Å². The van der Waals surface area contributed by atoms with Gasteiger partial charge in [-0.15, -0.1) is 11.3 Å². The van der Waals surface area contributed by atoms with E-state index < -0.39 is 10.0 Å². The average Bonchev–Trinajstić information content (AvgIpc) is 3.56. The van der Waals surface area contributed by atoms with E-state index in [-0.39, 0.29) is 17.9 Å². The van der Waals surface area contributed by atoms with Gasteiger partial charge in [0.15, 0.2) is 0 Å². The van der Waals surface area contributed by atoms with Crippen molar-refractivity contribution >= 4 is 21.4 Å². The van der Waals surface area contributed by atoms with E-state index in [9.17, 15) is 13.7 Å². The van der Waals surface area contributed by atoms with E-state index in [4.69, 9.17) is 9.47 Å². The quantitative estimate of drug-likeness (QED) is 0.420. The number of hydrogen-bond donors (Lipinski definition) is 1. The Kier molecular flexibility index (Phi) is 8.12. The molecule has 1 N–H and O–H groups in total.